The average molecular weight is 329 g/mol. The van der Waals surface area contributed by atoms with Gasteiger partial charge < -0.3 is 10.4 Å². The summed E-state index contributed by atoms with van der Waals surface area (Å²) in [6, 6.07) is 14.5. The summed E-state index contributed by atoms with van der Waals surface area (Å²) in [4.78, 5) is 13.1. The average Bonchev–Trinajstić information content (AvgIpc) is 2.58. The van der Waals surface area contributed by atoms with Gasteiger partial charge in [0.2, 0.25) is 5.91 Å². The van der Waals surface area contributed by atoms with Crippen molar-refractivity contribution in [3.05, 3.63) is 42.5 Å². The molecular formula is C19H23NO2S. The summed E-state index contributed by atoms with van der Waals surface area (Å²) in [6.07, 6.45) is 3.71. The van der Waals surface area contributed by atoms with E-state index in [-0.39, 0.29) is 12.0 Å². The van der Waals surface area contributed by atoms with Crippen LogP contribution in [0.4, 0.5) is 0 Å². The molecule has 122 valence electrons. The normalized spacial score (nSPS) is 21.3. The molecule has 2 unspecified atom stereocenters. The Morgan fingerprint density at radius 3 is 2.83 bits per heavy atom. The van der Waals surface area contributed by atoms with Crippen LogP contribution in [0, 0.1) is 5.92 Å². The van der Waals surface area contributed by atoms with E-state index in [1.54, 1.807) is 11.8 Å². The molecule has 0 saturated heterocycles. The van der Waals surface area contributed by atoms with Crippen LogP contribution in [-0.2, 0) is 4.79 Å². The Labute approximate surface area is 141 Å². The molecule has 1 saturated carbocycles. The molecule has 3 nitrogen and oxygen atoms in total. The van der Waals surface area contributed by atoms with Crippen LogP contribution in [0.15, 0.2) is 47.4 Å². The summed E-state index contributed by atoms with van der Waals surface area (Å²) in [7, 11) is 0. The molecule has 23 heavy (non-hydrogen) atoms. The number of fused-ring (bicyclic) bond motifs is 1. The largest absolute Gasteiger partial charge is 0.393 e. The second-order valence-electron chi connectivity index (χ2n) is 6.29. The summed E-state index contributed by atoms with van der Waals surface area (Å²) in [6.45, 7) is 0.689. The van der Waals surface area contributed by atoms with Crippen molar-refractivity contribution in [2.24, 2.45) is 5.92 Å². The summed E-state index contributed by atoms with van der Waals surface area (Å²) >= 11 is 1.57. The molecule has 1 amide bonds. The molecule has 1 aliphatic carbocycles. The first-order chi connectivity index (χ1) is 11.2. The van der Waals surface area contributed by atoms with Crippen molar-refractivity contribution in [1.82, 2.24) is 5.32 Å². The number of hydrogen-bond donors (Lipinski definition) is 2. The standard InChI is InChI=1S/C19H23NO2S/c21-17-7-3-4-14(10-17)12-20-19(22)13-23-18-9-8-15-5-1-2-6-16(15)11-18/h1-2,5-6,8-9,11,14,17,21H,3-4,7,10,12-13H2,(H,20,22). The van der Waals surface area contributed by atoms with E-state index in [4.69, 9.17) is 0 Å². The molecule has 0 aliphatic heterocycles. The number of carbonyl (C=O) groups is 1. The smallest absolute Gasteiger partial charge is 0.230 e. The van der Waals surface area contributed by atoms with E-state index in [0.29, 0.717) is 18.2 Å². The predicted molar refractivity (Wildman–Crippen MR) is 95.6 cm³/mol. The molecule has 2 N–H and O–H groups in total. The topological polar surface area (TPSA) is 49.3 Å². The van der Waals surface area contributed by atoms with Gasteiger partial charge in [-0.25, -0.2) is 0 Å². The fourth-order valence-corrected chi connectivity index (χ4v) is 3.94. The van der Waals surface area contributed by atoms with Gasteiger partial charge in [-0.2, -0.15) is 0 Å². The van der Waals surface area contributed by atoms with E-state index < -0.39 is 0 Å². The van der Waals surface area contributed by atoms with E-state index in [1.807, 2.05) is 12.1 Å². The van der Waals surface area contributed by atoms with Gasteiger partial charge in [-0.3, -0.25) is 4.79 Å². The second kappa shape index (κ2) is 7.84. The highest BCUT2D eigenvalue weighted by molar-refractivity contribution is 8.00. The summed E-state index contributed by atoms with van der Waals surface area (Å²) in [5.74, 6) is 0.935. The zero-order valence-electron chi connectivity index (χ0n) is 13.2. The van der Waals surface area contributed by atoms with Crippen LogP contribution in [0.5, 0.6) is 0 Å². The summed E-state index contributed by atoms with van der Waals surface area (Å²) < 4.78 is 0. The Morgan fingerprint density at radius 1 is 1.17 bits per heavy atom. The first-order valence-electron chi connectivity index (χ1n) is 8.27. The quantitative estimate of drug-likeness (QED) is 0.824. The first-order valence-corrected chi connectivity index (χ1v) is 9.25. The lowest BCUT2D eigenvalue weighted by molar-refractivity contribution is -0.118. The number of rotatable bonds is 5. The molecule has 0 aromatic heterocycles. The van der Waals surface area contributed by atoms with Crippen molar-refractivity contribution in [1.29, 1.82) is 0 Å². The third-order valence-electron chi connectivity index (χ3n) is 4.43. The Kier molecular flexibility index (Phi) is 5.57. The van der Waals surface area contributed by atoms with Gasteiger partial charge in [-0.05, 0) is 48.1 Å². The van der Waals surface area contributed by atoms with Crippen molar-refractivity contribution in [3.8, 4) is 0 Å². The molecular weight excluding hydrogens is 306 g/mol. The van der Waals surface area contributed by atoms with Crippen molar-refractivity contribution in [3.63, 3.8) is 0 Å². The Bertz CT molecular complexity index is 673. The minimum Gasteiger partial charge on any atom is -0.393 e. The minimum absolute atomic E-state index is 0.0724. The van der Waals surface area contributed by atoms with Gasteiger partial charge in [0.1, 0.15) is 0 Å². The zero-order valence-corrected chi connectivity index (χ0v) is 14.0. The molecule has 0 heterocycles. The van der Waals surface area contributed by atoms with E-state index >= 15 is 0 Å². The molecule has 3 rings (SSSR count). The lowest BCUT2D eigenvalue weighted by Gasteiger charge is -2.25. The maximum Gasteiger partial charge on any atom is 0.230 e. The van der Waals surface area contributed by atoms with Gasteiger partial charge in [0, 0.05) is 11.4 Å². The van der Waals surface area contributed by atoms with Gasteiger partial charge in [0.05, 0.1) is 11.9 Å². The van der Waals surface area contributed by atoms with E-state index in [2.05, 4.69) is 35.6 Å². The van der Waals surface area contributed by atoms with Crippen molar-refractivity contribution in [2.45, 2.75) is 36.7 Å². The van der Waals surface area contributed by atoms with Crippen LogP contribution < -0.4 is 5.32 Å². The molecule has 1 aliphatic rings. The third-order valence-corrected chi connectivity index (χ3v) is 5.43. The molecule has 0 bridgehead atoms. The SMILES string of the molecule is O=C(CSc1ccc2ccccc2c1)NCC1CCCC(O)C1. The highest BCUT2D eigenvalue weighted by Crippen LogP contribution is 2.25. The molecule has 0 spiro atoms. The van der Waals surface area contributed by atoms with Gasteiger partial charge >= 0.3 is 0 Å². The number of thioether (sulfide) groups is 1. The Hall–Kier alpha value is -1.52. The van der Waals surface area contributed by atoms with Crippen molar-refractivity contribution in [2.75, 3.05) is 12.3 Å². The van der Waals surface area contributed by atoms with Crippen molar-refractivity contribution < 1.29 is 9.90 Å². The van der Waals surface area contributed by atoms with Crippen LogP contribution in [0.1, 0.15) is 25.7 Å². The molecule has 2 atom stereocenters. The number of carbonyl (C=O) groups excluding carboxylic acids is 1. The van der Waals surface area contributed by atoms with Gasteiger partial charge in [-0.15, -0.1) is 11.8 Å². The number of amides is 1. The summed E-state index contributed by atoms with van der Waals surface area (Å²) in [5, 5.41) is 15.1. The monoisotopic (exact) mass is 329 g/mol. The van der Waals surface area contributed by atoms with Crippen LogP contribution in [0.2, 0.25) is 0 Å². The van der Waals surface area contributed by atoms with Crippen LogP contribution in [-0.4, -0.2) is 29.4 Å². The van der Waals surface area contributed by atoms with Gasteiger partial charge in [-0.1, -0.05) is 36.8 Å². The van der Waals surface area contributed by atoms with E-state index in [9.17, 15) is 9.90 Å². The number of benzene rings is 2. The van der Waals surface area contributed by atoms with Crippen LogP contribution in [0.25, 0.3) is 10.8 Å². The molecule has 1 fully saturated rings. The maximum absolute atomic E-state index is 12.0. The lowest BCUT2D eigenvalue weighted by atomic mass is 9.87. The minimum atomic E-state index is -0.183. The second-order valence-corrected chi connectivity index (χ2v) is 7.34. The predicted octanol–water partition coefficient (Wildman–Crippen LogP) is 3.60. The number of aliphatic hydroxyl groups excluding tert-OH is 1. The van der Waals surface area contributed by atoms with Gasteiger partial charge in [0.25, 0.3) is 0 Å². The number of aliphatic hydroxyl groups is 1. The number of hydrogen-bond acceptors (Lipinski definition) is 3. The molecule has 2 aromatic rings. The van der Waals surface area contributed by atoms with E-state index in [0.717, 1.165) is 30.6 Å². The van der Waals surface area contributed by atoms with Crippen LogP contribution in [0.3, 0.4) is 0 Å². The molecule has 2 aromatic carbocycles. The highest BCUT2D eigenvalue weighted by Gasteiger charge is 2.20. The Morgan fingerprint density at radius 2 is 2.00 bits per heavy atom. The van der Waals surface area contributed by atoms with E-state index in [1.165, 1.54) is 10.8 Å². The Balaban J connectivity index is 1.46. The first kappa shape index (κ1) is 16.3. The number of nitrogens with one attached hydrogen (secondary N) is 1. The fourth-order valence-electron chi connectivity index (χ4n) is 3.16. The highest BCUT2D eigenvalue weighted by atomic mass is 32.2. The fraction of sp³-hybridized carbons (Fsp3) is 0.421. The zero-order chi connectivity index (χ0) is 16.1. The summed E-state index contributed by atoms with van der Waals surface area (Å²) in [5.41, 5.74) is 0. The maximum atomic E-state index is 12.0. The van der Waals surface area contributed by atoms with Crippen molar-refractivity contribution >= 4 is 28.4 Å². The molecule has 0 radical (unpaired) electrons. The van der Waals surface area contributed by atoms with Gasteiger partial charge in [0.15, 0.2) is 0 Å². The third kappa shape index (κ3) is 4.72. The lowest BCUT2D eigenvalue weighted by Crippen LogP contribution is -2.33. The van der Waals surface area contributed by atoms with Crippen LogP contribution >= 0.6 is 11.8 Å². The molecule has 4 heteroatoms.